The number of hydrogen-bond acceptors (Lipinski definition) is 5. The monoisotopic (exact) mass is 381 g/mol. The molecule has 2 N–H and O–H groups in total. The summed E-state index contributed by atoms with van der Waals surface area (Å²) in [5, 5.41) is 12.0. The molecule has 29 heavy (non-hydrogen) atoms. The Morgan fingerprint density at radius 3 is 2.52 bits per heavy atom. The molecule has 0 saturated carbocycles. The highest BCUT2D eigenvalue weighted by Gasteiger charge is 2.16. The SMILES string of the molecule is O=c1c2ccccc2c(/C=N/c2nc3ccccc3[nH]2)c(O)n1-c1ccccn1. The van der Waals surface area contributed by atoms with Crippen molar-refractivity contribution in [2.45, 2.75) is 0 Å². The molecule has 0 atom stereocenters. The molecule has 7 heteroatoms. The van der Waals surface area contributed by atoms with Crippen LogP contribution in [0.15, 0.2) is 82.7 Å². The number of H-pyrrole nitrogens is 1. The predicted molar refractivity (Wildman–Crippen MR) is 112 cm³/mol. The average Bonchev–Trinajstić information content (AvgIpc) is 3.17. The van der Waals surface area contributed by atoms with Gasteiger partial charge in [0.25, 0.3) is 5.56 Å². The summed E-state index contributed by atoms with van der Waals surface area (Å²) in [5.74, 6) is 0.511. The molecule has 3 heterocycles. The molecule has 0 radical (unpaired) electrons. The summed E-state index contributed by atoms with van der Waals surface area (Å²) < 4.78 is 1.18. The van der Waals surface area contributed by atoms with E-state index in [2.05, 4.69) is 19.9 Å². The Morgan fingerprint density at radius 1 is 0.966 bits per heavy atom. The van der Waals surface area contributed by atoms with Crippen molar-refractivity contribution in [1.29, 1.82) is 0 Å². The fourth-order valence-electron chi connectivity index (χ4n) is 3.31. The molecule has 140 valence electrons. The van der Waals surface area contributed by atoms with E-state index in [4.69, 9.17) is 0 Å². The lowest BCUT2D eigenvalue weighted by Gasteiger charge is -2.12. The van der Waals surface area contributed by atoms with Gasteiger partial charge < -0.3 is 10.1 Å². The predicted octanol–water partition coefficient (Wildman–Crippen LogP) is 3.72. The Morgan fingerprint density at radius 2 is 1.72 bits per heavy atom. The van der Waals surface area contributed by atoms with E-state index in [9.17, 15) is 9.90 Å². The lowest BCUT2D eigenvalue weighted by molar-refractivity contribution is 0.435. The van der Waals surface area contributed by atoms with Crippen LogP contribution in [0.25, 0.3) is 27.6 Å². The second-order valence-electron chi connectivity index (χ2n) is 6.45. The van der Waals surface area contributed by atoms with Crippen LogP contribution in [-0.2, 0) is 0 Å². The topological polar surface area (TPSA) is 96.2 Å². The van der Waals surface area contributed by atoms with Gasteiger partial charge >= 0.3 is 0 Å². The standard InChI is InChI=1S/C22H15N5O2/c28-20-15-8-2-1-7-14(15)16(21(29)27(20)19-11-5-6-12-23-19)13-24-22-25-17-9-3-4-10-18(17)26-22/h1-13,29H,(H,25,26)/b24-13+. The van der Waals surface area contributed by atoms with Crippen molar-refractivity contribution in [2.24, 2.45) is 4.99 Å². The van der Waals surface area contributed by atoms with Gasteiger partial charge in [0.15, 0.2) is 0 Å². The second kappa shape index (κ2) is 6.72. The van der Waals surface area contributed by atoms with Crippen LogP contribution in [0, 0.1) is 0 Å². The molecule has 0 unspecified atom stereocenters. The summed E-state index contributed by atoms with van der Waals surface area (Å²) in [7, 11) is 0. The Hall–Kier alpha value is -4.26. The van der Waals surface area contributed by atoms with Gasteiger partial charge in [0.1, 0.15) is 5.82 Å². The summed E-state index contributed by atoms with van der Waals surface area (Å²) in [6.07, 6.45) is 3.08. The van der Waals surface area contributed by atoms with Gasteiger partial charge in [-0.2, -0.15) is 0 Å². The minimum absolute atomic E-state index is 0.229. The van der Waals surface area contributed by atoms with Gasteiger partial charge in [0, 0.05) is 23.2 Å². The third-order valence-corrected chi connectivity index (χ3v) is 4.67. The van der Waals surface area contributed by atoms with E-state index >= 15 is 0 Å². The van der Waals surface area contributed by atoms with Crippen LogP contribution in [0.2, 0.25) is 0 Å². The Labute approximate surface area is 164 Å². The maximum absolute atomic E-state index is 13.0. The van der Waals surface area contributed by atoms with Crippen LogP contribution in [0.1, 0.15) is 5.56 Å². The minimum atomic E-state index is -0.349. The first-order valence-corrected chi connectivity index (χ1v) is 8.99. The lowest BCUT2D eigenvalue weighted by Crippen LogP contribution is -2.20. The molecule has 0 saturated heterocycles. The average molecular weight is 381 g/mol. The first-order valence-electron chi connectivity index (χ1n) is 8.99. The number of aromatic nitrogens is 4. The molecule has 5 rings (SSSR count). The van der Waals surface area contributed by atoms with E-state index in [1.165, 1.54) is 10.8 Å². The largest absolute Gasteiger partial charge is 0.494 e. The van der Waals surface area contributed by atoms with Gasteiger partial charge in [-0.3, -0.25) is 4.79 Å². The highest BCUT2D eigenvalue weighted by molar-refractivity contribution is 6.02. The molecule has 0 aliphatic heterocycles. The van der Waals surface area contributed by atoms with Crippen molar-refractivity contribution in [3.63, 3.8) is 0 Å². The number of fused-ring (bicyclic) bond motifs is 2. The molecule has 0 aliphatic carbocycles. The second-order valence-corrected chi connectivity index (χ2v) is 6.45. The zero-order valence-corrected chi connectivity index (χ0v) is 15.1. The molecule has 7 nitrogen and oxygen atoms in total. The van der Waals surface area contributed by atoms with E-state index in [0.29, 0.717) is 28.1 Å². The van der Waals surface area contributed by atoms with Gasteiger partial charge in [-0.25, -0.2) is 19.5 Å². The molecule has 0 spiro atoms. The number of nitrogens with one attached hydrogen (secondary N) is 1. The molecule has 0 aliphatic rings. The van der Waals surface area contributed by atoms with E-state index in [0.717, 1.165) is 11.0 Å². The maximum Gasteiger partial charge on any atom is 0.267 e. The van der Waals surface area contributed by atoms with Gasteiger partial charge in [0.05, 0.1) is 16.6 Å². The van der Waals surface area contributed by atoms with Crippen molar-refractivity contribution in [3.8, 4) is 11.7 Å². The number of aliphatic imine (C=N–C) groups is 1. The quantitative estimate of drug-likeness (QED) is 0.466. The summed E-state index contributed by atoms with van der Waals surface area (Å²) in [6.45, 7) is 0. The van der Waals surface area contributed by atoms with Crippen molar-refractivity contribution >= 4 is 34.0 Å². The Bertz CT molecular complexity index is 1400. The van der Waals surface area contributed by atoms with Crippen LogP contribution in [0.4, 0.5) is 5.95 Å². The first kappa shape index (κ1) is 16.9. The summed E-state index contributed by atoms with van der Waals surface area (Å²) in [4.78, 5) is 29.1. The normalized spacial score (nSPS) is 11.6. The van der Waals surface area contributed by atoms with Crippen LogP contribution < -0.4 is 5.56 Å². The number of benzene rings is 2. The zero-order valence-electron chi connectivity index (χ0n) is 15.1. The summed E-state index contributed by atoms with van der Waals surface area (Å²) >= 11 is 0. The molecule has 0 amide bonds. The van der Waals surface area contributed by atoms with Gasteiger partial charge in [-0.1, -0.05) is 36.4 Å². The lowest BCUT2D eigenvalue weighted by atomic mass is 10.1. The molecule has 5 aromatic rings. The Kier molecular flexibility index (Phi) is 3.91. The number of hydrogen-bond donors (Lipinski definition) is 2. The summed E-state index contributed by atoms with van der Waals surface area (Å²) in [5.41, 5.74) is 1.73. The van der Waals surface area contributed by atoms with Gasteiger partial charge in [0.2, 0.25) is 11.8 Å². The molecule has 0 bridgehead atoms. The van der Waals surface area contributed by atoms with Crippen molar-refractivity contribution in [2.75, 3.05) is 0 Å². The molecule has 2 aromatic carbocycles. The van der Waals surface area contributed by atoms with E-state index in [-0.39, 0.29) is 11.4 Å². The van der Waals surface area contributed by atoms with Crippen LogP contribution in [0.3, 0.4) is 0 Å². The molecular formula is C22H15N5O2. The van der Waals surface area contributed by atoms with Crippen LogP contribution in [0.5, 0.6) is 5.88 Å². The maximum atomic E-state index is 13.0. The first-order chi connectivity index (χ1) is 14.2. The fourth-order valence-corrected chi connectivity index (χ4v) is 3.31. The number of para-hydroxylation sites is 2. The van der Waals surface area contributed by atoms with Crippen molar-refractivity contribution in [1.82, 2.24) is 19.5 Å². The number of aromatic hydroxyl groups is 1. The van der Waals surface area contributed by atoms with Crippen LogP contribution >= 0.6 is 0 Å². The molecule has 0 fully saturated rings. The van der Waals surface area contributed by atoms with E-state index < -0.39 is 0 Å². The number of rotatable bonds is 3. The fraction of sp³-hybridized carbons (Fsp3) is 0. The summed E-state index contributed by atoms with van der Waals surface area (Å²) in [6, 6.07) is 19.9. The smallest absolute Gasteiger partial charge is 0.267 e. The number of imidazole rings is 1. The third kappa shape index (κ3) is 2.85. The van der Waals surface area contributed by atoms with Crippen molar-refractivity contribution in [3.05, 3.63) is 88.8 Å². The van der Waals surface area contributed by atoms with E-state index in [1.807, 2.05) is 30.3 Å². The molecular weight excluding hydrogens is 366 g/mol. The number of pyridine rings is 2. The van der Waals surface area contributed by atoms with Gasteiger partial charge in [-0.05, 0) is 30.3 Å². The number of aromatic amines is 1. The minimum Gasteiger partial charge on any atom is -0.494 e. The highest BCUT2D eigenvalue weighted by atomic mass is 16.3. The van der Waals surface area contributed by atoms with E-state index in [1.54, 1.807) is 42.6 Å². The van der Waals surface area contributed by atoms with Crippen molar-refractivity contribution < 1.29 is 5.11 Å². The van der Waals surface area contributed by atoms with Crippen LogP contribution in [-0.4, -0.2) is 30.8 Å². The number of nitrogens with zero attached hydrogens (tertiary/aromatic N) is 4. The van der Waals surface area contributed by atoms with Gasteiger partial charge in [-0.15, -0.1) is 0 Å². The zero-order chi connectivity index (χ0) is 19.8. The molecule has 3 aromatic heterocycles. The highest BCUT2D eigenvalue weighted by Crippen LogP contribution is 2.26. The Balaban J connectivity index is 1.73. The third-order valence-electron chi connectivity index (χ3n) is 4.67.